The van der Waals surface area contributed by atoms with Gasteiger partial charge in [0.25, 0.3) is 0 Å². The molecule has 0 aromatic heterocycles. The highest BCUT2D eigenvalue weighted by Gasteiger charge is 2.32. The second kappa shape index (κ2) is 10.0. The first-order chi connectivity index (χ1) is 15.9. The van der Waals surface area contributed by atoms with Gasteiger partial charge in [0.1, 0.15) is 6.61 Å². The molecule has 2 aliphatic carbocycles. The molecular formula is C25H28N2O6. The van der Waals surface area contributed by atoms with Gasteiger partial charge >= 0.3 is 12.1 Å². The van der Waals surface area contributed by atoms with Gasteiger partial charge in [-0.15, -0.1) is 0 Å². The summed E-state index contributed by atoms with van der Waals surface area (Å²) in [5, 5.41) is 23.7. The summed E-state index contributed by atoms with van der Waals surface area (Å²) < 4.78 is 5.57. The van der Waals surface area contributed by atoms with E-state index in [1.54, 1.807) is 0 Å². The fourth-order valence-electron chi connectivity index (χ4n) is 4.79. The summed E-state index contributed by atoms with van der Waals surface area (Å²) >= 11 is 0. The van der Waals surface area contributed by atoms with Crippen LogP contribution in [0.25, 0.3) is 11.1 Å². The van der Waals surface area contributed by atoms with Gasteiger partial charge in [0, 0.05) is 24.4 Å². The van der Waals surface area contributed by atoms with Crippen molar-refractivity contribution < 1.29 is 29.3 Å². The number of carboxylic acid groups (broad SMARTS) is 1. The molecule has 4 rings (SSSR count). The molecule has 4 N–H and O–H groups in total. The van der Waals surface area contributed by atoms with Crippen LogP contribution in [0.1, 0.15) is 42.7 Å². The van der Waals surface area contributed by atoms with E-state index in [-0.39, 0.29) is 36.9 Å². The number of fused-ring (bicyclic) bond motifs is 3. The number of alkyl carbamates (subject to hydrolysis) is 1. The number of hydrogen-bond acceptors (Lipinski definition) is 5. The van der Waals surface area contributed by atoms with Gasteiger partial charge in [-0.2, -0.15) is 0 Å². The SMILES string of the molecule is O=C(O)CC(O)CNC(=O)C1CCC(NC(=O)OCC2c3ccccc3-c3ccccc32)C1. The number of ether oxygens (including phenoxy) is 1. The molecule has 8 nitrogen and oxygen atoms in total. The van der Waals surface area contributed by atoms with Crippen molar-refractivity contribution in [1.29, 1.82) is 0 Å². The van der Waals surface area contributed by atoms with E-state index in [0.29, 0.717) is 19.3 Å². The van der Waals surface area contributed by atoms with Crippen molar-refractivity contribution >= 4 is 18.0 Å². The molecule has 2 aromatic carbocycles. The molecule has 1 fully saturated rings. The molecule has 2 aromatic rings. The largest absolute Gasteiger partial charge is 0.481 e. The Morgan fingerprint density at radius 3 is 2.27 bits per heavy atom. The van der Waals surface area contributed by atoms with Gasteiger partial charge in [0.15, 0.2) is 0 Å². The number of aliphatic hydroxyl groups is 1. The third-order valence-electron chi connectivity index (χ3n) is 6.39. The van der Waals surface area contributed by atoms with Gasteiger partial charge in [0.05, 0.1) is 12.5 Å². The quantitative estimate of drug-likeness (QED) is 0.488. The Morgan fingerprint density at radius 1 is 1.00 bits per heavy atom. The summed E-state index contributed by atoms with van der Waals surface area (Å²) in [5.74, 6) is -1.66. The molecule has 2 amide bonds. The Labute approximate surface area is 192 Å². The molecule has 0 spiro atoms. The minimum Gasteiger partial charge on any atom is -0.481 e. The van der Waals surface area contributed by atoms with Crippen LogP contribution in [0.15, 0.2) is 48.5 Å². The van der Waals surface area contributed by atoms with Crippen LogP contribution < -0.4 is 10.6 Å². The summed E-state index contributed by atoms with van der Waals surface area (Å²) in [7, 11) is 0. The smallest absolute Gasteiger partial charge is 0.407 e. The number of hydrogen-bond donors (Lipinski definition) is 4. The first-order valence-corrected chi connectivity index (χ1v) is 11.2. The van der Waals surface area contributed by atoms with Crippen molar-refractivity contribution in [3.63, 3.8) is 0 Å². The standard InChI is InChI=1S/C25H28N2O6/c28-17(12-23(29)30)13-26-24(31)15-9-10-16(11-15)27-25(32)33-14-22-20-7-3-1-5-18(20)19-6-2-4-8-21(19)22/h1-8,15-17,22,28H,9-14H2,(H,26,31)(H,27,32)(H,29,30). The Balaban J connectivity index is 1.25. The molecule has 174 valence electrons. The number of carbonyl (C=O) groups excluding carboxylic acids is 2. The van der Waals surface area contributed by atoms with Crippen molar-refractivity contribution in [2.24, 2.45) is 5.92 Å². The second-order valence-electron chi connectivity index (χ2n) is 8.67. The van der Waals surface area contributed by atoms with Crippen LogP contribution in [0, 0.1) is 5.92 Å². The minimum absolute atomic E-state index is 0.0116. The maximum Gasteiger partial charge on any atom is 0.407 e. The molecule has 0 radical (unpaired) electrons. The first kappa shape index (κ1) is 22.8. The van der Waals surface area contributed by atoms with Crippen molar-refractivity contribution in [2.45, 2.75) is 43.7 Å². The van der Waals surface area contributed by atoms with Gasteiger partial charge in [-0.05, 0) is 41.5 Å². The number of amides is 2. The summed E-state index contributed by atoms with van der Waals surface area (Å²) in [5.41, 5.74) is 4.63. The van der Waals surface area contributed by atoms with Gasteiger partial charge in [-0.3, -0.25) is 9.59 Å². The summed E-state index contributed by atoms with van der Waals surface area (Å²) in [6, 6.07) is 16.1. The number of aliphatic carboxylic acids is 1. The molecule has 8 heteroatoms. The number of benzene rings is 2. The number of aliphatic hydroxyl groups excluding tert-OH is 1. The van der Waals surface area contributed by atoms with Crippen LogP contribution in [0.2, 0.25) is 0 Å². The lowest BCUT2D eigenvalue weighted by molar-refractivity contribution is -0.139. The maximum absolute atomic E-state index is 12.5. The van der Waals surface area contributed by atoms with E-state index < -0.39 is 24.6 Å². The summed E-state index contributed by atoms with van der Waals surface area (Å²) in [4.78, 5) is 35.3. The average molecular weight is 453 g/mol. The van der Waals surface area contributed by atoms with Crippen LogP contribution in [-0.4, -0.2) is 53.5 Å². The molecule has 2 aliphatic rings. The first-order valence-electron chi connectivity index (χ1n) is 11.2. The van der Waals surface area contributed by atoms with Crippen molar-refractivity contribution in [3.8, 4) is 11.1 Å². The predicted molar refractivity (Wildman–Crippen MR) is 121 cm³/mol. The zero-order valence-corrected chi connectivity index (χ0v) is 18.2. The van der Waals surface area contributed by atoms with Gasteiger partial charge in [0.2, 0.25) is 5.91 Å². The average Bonchev–Trinajstić information content (AvgIpc) is 3.38. The van der Waals surface area contributed by atoms with Crippen LogP contribution in [0.5, 0.6) is 0 Å². The second-order valence-corrected chi connectivity index (χ2v) is 8.67. The normalized spacial score (nSPS) is 19.9. The van der Waals surface area contributed by atoms with Crippen LogP contribution >= 0.6 is 0 Å². The molecule has 0 aliphatic heterocycles. The molecule has 3 unspecified atom stereocenters. The van der Waals surface area contributed by atoms with E-state index in [1.807, 2.05) is 24.3 Å². The van der Waals surface area contributed by atoms with Crippen LogP contribution in [0.4, 0.5) is 4.79 Å². The molecule has 33 heavy (non-hydrogen) atoms. The molecule has 3 atom stereocenters. The monoisotopic (exact) mass is 452 g/mol. The van der Waals surface area contributed by atoms with Crippen molar-refractivity contribution in [3.05, 3.63) is 59.7 Å². The van der Waals surface area contributed by atoms with Crippen LogP contribution in [0.3, 0.4) is 0 Å². The van der Waals surface area contributed by atoms with Crippen LogP contribution in [-0.2, 0) is 14.3 Å². The molecule has 0 bridgehead atoms. The lowest BCUT2D eigenvalue weighted by atomic mass is 9.98. The lowest BCUT2D eigenvalue weighted by Crippen LogP contribution is -2.38. The highest BCUT2D eigenvalue weighted by Crippen LogP contribution is 2.44. The van der Waals surface area contributed by atoms with Gasteiger partial charge < -0.3 is 25.6 Å². The fraction of sp³-hybridized carbons (Fsp3) is 0.400. The third-order valence-corrected chi connectivity index (χ3v) is 6.39. The summed E-state index contributed by atoms with van der Waals surface area (Å²) in [6.07, 6.45) is -0.306. The zero-order chi connectivity index (χ0) is 23.4. The Hall–Kier alpha value is -3.39. The van der Waals surface area contributed by atoms with Gasteiger partial charge in [-0.25, -0.2) is 4.79 Å². The van der Waals surface area contributed by atoms with E-state index in [0.717, 1.165) is 11.1 Å². The molecule has 0 heterocycles. The van der Waals surface area contributed by atoms with E-state index in [4.69, 9.17) is 9.84 Å². The lowest BCUT2D eigenvalue weighted by Gasteiger charge is -2.17. The number of nitrogens with one attached hydrogen (secondary N) is 2. The van der Waals surface area contributed by atoms with E-state index >= 15 is 0 Å². The van der Waals surface area contributed by atoms with E-state index in [1.165, 1.54) is 11.1 Å². The Bertz CT molecular complexity index is 994. The Morgan fingerprint density at radius 2 is 1.64 bits per heavy atom. The van der Waals surface area contributed by atoms with E-state index in [2.05, 4.69) is 34.9 Å². The summed E-state index contributed by atoms with van der Waals surface area (Å²) in [6.45, 7) is 0.129. The molecular weight excluding hydrogens is 424 g/mol. The third kappa shape index (κ3) is 5.34. The zero-order valence-electron chi connectivity index (χ0n) is 18.2. The minimum atomic E-state index is -1.12. The van der Waals surface area contributed by atoms with Crippen molar-refractivity contribution in [2.75, 3.05) is 13.2 Å². The topological polar surface area (TPSA) is 125 Å². The maximum atomic E-state index is 12.5. The molecule has 1 saturated carbocycles. The Kier molecular flexibility index (Phi) is 6.93. The molecule has 0 saturated heterocycles. The highest BCUT2D eigenvalue weighted by atomic mass is 16.5. The fourth-order valence-corrected chi connectivity index (χ4v) is 4.79. The number of rotatable bonds is 8. The van der Waals surface area contributed by atoms with Gasteiger partial charge in [-0.1, -0.05) is 48.5 Å². The van der Waals surface area contributed by atoms with E-state index in [9.17, 15) is 19.5 Å². The van der Waals surface area contributed by atoms with Crippen molar-refractivity contribution in [1.82, 2.24) is 10.6 Å². The highest BCUT2D eigenvalue weighted by molar-refractivity contribution is 5.80. The number of carbonyl (C=O) groups is 3. The predicted octanol–water partition coefficient (Wildman–Crippen LogP) is 2.65. The number of carboxylic acids is 1.